The van der Waals surface area contributed by atoms with E-state index in [0.717, 1.165) is 11.1 Å². The maximum atomic E-state index is 12.7. The number of aliphatic hydroxyl groups is 4. The second-order valence-electron chi connectivity index (χ2n) is 8.61. The van der Waals surface area contributed by atoms with Crippen LogP contribution in [-0.4, -0.2) is 104 Å². The zero-order valence-corrected chi connectivity index (χ0v) is 22.4. The molecule has 0 aliphatic carbocycles. The summed E-state index contributed by atoms with van der Waals surface area (Å²) in [5.74, 6) is 0.749. The van der Waals surface area contributed by atoms with E-state index in [9.17, 15) is 25.2 Å². The SMILES string of the molecule is COc1ccc(C(=CC(=O)NCCOCCO[C@@H]2O[C@H](CO)[C@@H](O)[C@H](O)[C@H]2O)c2ccc(Cl)cc2)cc1OC. The fraction of sp³-hybridized carbons (Fsp3) is 0.444. The predicted molar refractivity (Wildman–Crippen MR) is 142 cm³/mol. The van der Waals surface area contributed by atoms with Gasteiger partial charge in [-0.15, -0.1) is 0 Å². The van der Waals surface area contributed by atoms with Crippen LogP contribution in [0.2, 0.25) is 5.02 Å². The molecule has 0 spiro atoms. The Balaban J connectivity index is 1.52. The van der Waals surface area contributed by atoms with Crippen molar-refractivity contribution in [2.24, 2.45) is 0 Å². The monoisotopic (exact) mass is 567 g/mol. The first-order valence-corrected chi connectivity index (χ1v) is 12.6. The quantitative estimate of drug-likeness (QED) is 0.173. The number of carbonyl (C=O) groups is 1. The summed E-state index contributed by atoms with van der Waals surface area (Å²) < 4.78 is 26.8. The molecule has 1 aliphatic heterocycles. The van der Waals surface area contributed by atoms with E-state index in [1.165, 1.54) is 13.2 Å². The van der Waals surface area contributed by atoms with Gasteiger partial charge in [0.25, 0.3) is 0 Å². The lowest BCUT2D eigenvalue weighted by atomic mass is 9.97. The molecule has 1 saturated heterocycles. The van der Waals surface area contributed by atoms with Crippen molar-refractivity contribution in [3.05, 3.63) is 64.7 Å². The van der Waals surface area contributed by atoms with E-state index in [1.54, 1.807) is 31.4 Å². The smallest absolute Gasteiger partial charge is 0.244 e. The molecule has 12 heteroatoms. The minimum absolute atomic E-state index is 0.0105. The molecule has 11 nitrogen and oxygen atoms in total. The highest BCUT2D eigenvalue weighted by atomic mass is 35.5. The van der Waals surface area contributed by atoms with Crippen LogP contribution in [0.1, 0.15) is 11.1 Å². The van der Waals surface area contributed by atoms with Gasteiger partial charge in [0.1, 0.15) is 24.4 Å². The van der Waals surface area contributed by atoms with Crippen molar-refractivity contribution in [2.75, 3.05) is 47.2 Å². The van der Waals surface area contributed by atoms with Crippen LogP contribution in [0.15, 0.2) is 48.5 Å². The largest absolute Gasteiger partial charge is 0.493 e. The van der Waals surface area contributed by atoms with E-state index in [4.69, 9.17) is 35.3 Å². The van der Waals surface area contributed by atoms with Crippen LogP contribution in [0.3, 0.4) is 0 Å². The van der Waals surface area contributed by atoms with Crippen molar-refractivity contribution in [1.29, 1.82) is 0 Å². The van der Waals surface area contributed by atoms with Gasteiger partial charge in [0.2, 0.25) is 5.91 Å². The molecule has 3 rings (SSSR count). The van der Waals surface area contributed by atoms with Crippen LogP contribution in [0.25, 0.3) is 5.57 Å². The molecule has 0 radical (unpaired) electrons. The average molecular weight is 568 g/mol. The van der Waals surface area contributed by atoms with Crippen LogP contribution >= 0.6 is 11.6 Å². The fourth-order valence-electron chi connectivity index (χ4n) is 3.93. The number of methoxy groups -OCH3 is 2. The van der Waals surface area contributed by atoms with Crippen LogP contribution in [0, 0.1) is 0 Å². The Morgan fingerprint density at radius 1 is 0.949 bits per heavy atom. The summed E-state index contributed by atoms with van der Waals surface area (Å²) in [6.45, 7) is -0.0143. The van der Waals surface area contributed by atoms with Crippen molar-refractivity contribution < 1.29 is 48.9 Å². The van der Waals surface area contributed by atoms with Crippen molar-refractivity contribution in [3.8, 4) is 11.5 Å². The third-order valence-electron chi connectivity index (χ3n) is 6.03. The summed E-state index contributed by atoms with van der Waals surface area (Å²) in [5.41, 5.74) is 2.18. The Kier molecular flexibility index (Phi) is 12.0. The molecule has 5 atom stereocenters. The molecule has 214 valence electrons. The molecule has 1 heterocycles. The van der Waals surface area contributed by atoms with E-state index >= 15 is 0 Å². The summed E-state index contributed by atoms with van der Waals surface area (Å²) in [4.78, 5) is 12.7. The van der Waals surface area contributed by atoms with Crippen LogP contribution < -0.4 is 14.8 Å². The van der Waals surface area contributed by atoms with Gasteiger partial charge in [-0.2, -0.15) is 0 Å². The van der Waals surface area contributed by atoms with Gasteiger partial charge in [-0.05, 0) is 41.0 Å². The van der Waals surface area contributed by atoms with Crippen LogP contribution in [-0.2, 0) is 19.0 Å². The van der Waals surface area contributed by atoms with E-state index < -0.39 is 37.3 Å². The Hall–Kier alpha value is -2.74. The van der Waals surface area contributed by atoms with Crippen molar-refractivity contribution >= 4 is 23.1 Å². The van der Waals surface area contributed by atoms with Gasteiger partial charge in [0.15, 0.2) is 17.8 Å². The standard InChI is InChI=1S/C27H34ClNO10/c1-35-20-8-5-17(13-21(20)36-2)19(16-3-6-18(28)7-4-16)14-23(31)29-9-10-37-11-12-38-27-26(34)25(33)24(32)22(15-30)39-27/h3-8,13-14,22,24-27,30,32-34H,9-12,15H2,1-2H3,(H,29,31)/t22-,24-,25+,26-,27-/m1/s1. The molecule has 39 heavy (non-hydrogen) atoms. The van der Waals surface area contributed by atoms with Gasteiger partial charge in [-0.25, -0.2) is 0 Å². The number of carbonyl (C=O) groups excluding carboxylic acids is 1. The molecule has 1 aliphatic rings. The number of benzene rings is 2. The molecule has 1 fully saturated rings. The summed E-state index contributed by atoms with van der Waals surface area (Å²) in [5, 5.41) is 42.1. The minimum Gasteiger partial charge on any atom is -0.493 e. The number of halogens is 1. The first-order valence-electron chi connectivity index (χ1n) is 12.3. The lowest BCUT2D eigenvalue weighted by molar-refractivity contribution is -0.302. The normalized spacial score (nSPS) is 23.4. The topological polar surface area (TPSA) is 156 Å². The third kappa shape index (κ3) is 8.37. The molecule has 0 saturated carbocycles. The summed E-state index contributed by atoms with van der Waals surface area (Å²) in [7, 11) is 3.08. The molecule has 0 unspecified atom stereocenters. The summed E-state index contributed by atoms with van der Waals surface area (Å²) >= 11 is 6.04. The highest BCUT2D eigenvalue weighted by molar-refractivity contribution is 6.30. The van der Waals surface area contributed by atoms with Crippen molar-refractivity contribution in [2.45, 2.75) is 30.7 Å². The lowest BCUT2D eigenvalue weighted by Gasteiger charge is -2.39. The first kappa shape index (κ1) is 30.8. The fourth-order valence-corrected chi connectivity index (χ4v) is 4.05. The highest BCUT2D eigenvalue weighted by Gasteiger charge is 2.43. The minimum atomic E-state index is -1.51. The van der Waals surface area contributed by atoms with E-state index in [1.807, 2.05) is 18.2 Å². The van der Waals surface area contributed by atoms with Crippen LogP contribution in [0.4, 0.5) is 0 Å². The van der Waals surface area contributed by atoms with Gasteiger partial charge < -0.3 is 49.4 Å². The molecule has 0 bridgehead atoms. The maximum absolute atomic E-state index is 12.7. The van der Waals surface area contributed by atoms with Gasteiger partial charge >= 0.3 is 0 Å². The molecule has 5 N–H and O–H groups in total. The first-order chi connectivity index (χ1) is 18.8. The van der Waals surface area contributed by atoms with Crippen LogP contribution in [0.5, 0.6) is 11.5 Å². The number of rotatable bonds is 13. The van der Waals surface area contributed by atoms with Gasteiger partial charge in [-0.1, -0.05) is 29.8 Å². The molecule has 2 aromatic rings. The molecular weight excluding hydrogens is 534 g/mol. The molecular formula is C27H34ClNO10. The third-order valence-corrected chi connectivity index (χ3v) is 6.28. The summed E-state index contributed by atoms with van der Waals surface area (Å²) in [6, 6.07) is 12.5. The number of hydrogen-bond donors (Lipinski definition) is 5. The number of nitrogens with one attached hydrogen (secondary N) is 1. The predicted octanol–water partition coefficient (Wildman–Crippen LogP) is 0.738. The maximum Gasteiger partial charge on any atom is 0.244 e. The van der Waals surface area contributed by atoms with Gasteiger partial charge in [0.05, 0.1) is 40.6 Å². The second kappa shape index (κ2) is 15.2. The number of ether oxygens (including phenoxy) is 5. The highest BCUT2D eigenvalue weighted by Crippen LogP contribution is 2.33. The lowest BCUT2D eigenvalue weighted by Crippen LogP contribution is -2.59. The molecule has 0 aromatic heterocycles. The van der Waals surface area contributed by atoms with E-state index in [2.05, 4.69) is 5.32 Å². The Bertz CT molecular complexity index is 1090. The Morgan fingerprint density at radius 3 is 2.31 bits per heavy atom. The number of hydrogen-bond acceptors (Lipinski definition) is 10. The number of amides is 1. The molecule has 2 aromatic carbocycles. The Labute approximate surface area is 231 Å². The zero-order valence-electron chi connectivity index (χ0n) is 21.7. The second-order valence-corrected chi connectivity index (χ2v) is 9.04. The van der Waals surface area contributed by atoms with Crippen molar-refractivity contribution in [3.63, 3.8) is 0 Å². The van der Waals surface area contributed by atoms with Crippen molar-refractivity contribution in [1.82, 2.24) is 5.32 Å². The average Bonchev–Trinajstić information content (AvgIpc) is 2.95. The van der Waals surface area contributed by atoms with E-state index in [-0.39, 0.29) is 32.3 Å². The Morgan fingerprint density at radius 2 is 1.64 bits per heavy atom. The molecule has 1 amide bonds. The van der Waals surface area contributed by atoms with Gasteiger partial charge in [-0.3, -0.25) is 4.79 Å². The zero-order chi connectivity index (χ0) is 28.4. The van der Waals surface area contributed by atoms with E-state index in [0.29, 0.717) is 22.1 Å². The van der Waals surface area contributed by atoms with Gasteiger partial charge in [0, 0.05) is 17.6 Å². The summed E-state index contributed by atoms with van der Waals surface area (Å²) in [6.07, 6.45) is -5.24. The number of aliphatic hydroxyl groups excluding tert-OH is 4.